The Bertz CT molecular complexity index is 972. The second-order valence-corrected chi connectivity index (χ2v) is 9.29. The molecule has 0 saturated carbocycles. The van der Waals surface area contributed by atoms with Gasteiger partial charge in [-0.25, -0.2) is 4.79 Å². The summed E-state index contributed by atoms with van der Waals surface area (Å²) < 4.78 is 10.5. The van der Waals surface area contributed by atoms with Gasteiger partial charge >= 0.3 is 12.1 Å². The van der Waals surface area contributed by atoms with Gasteiger partial charge in [0.15, 0.2) is 0 Å². The highest BCUT2D eigenvalue weighted by atomic mass is 35.5. The highest BCUT2D eigenvalue weighted by Crippen LogP contribution is 2.27. The Kier molecular flexibility index (Phi) is 7.31. The van der Waals surface area contributed by atoms with E-state index in [9.17, 15) is 9.59 Å². The number of carbonyl (C=O) groups excluding carboxylic acids is 2. The van der Waals surface area contributed by atoms with Crippen molar-refractivity contribution in [2.45, 2.75) is 39.0 Å². The van der Waals surface area contributed by atoms with Crippen LogP contribution in [0.2, 0.25) is 5.02 Å². The maximum Gasteiger partial charge on any atom is 0.410 e. The summed E-state index contributed by atoms with van der Waals surface area (Å²) in [5.41, 5.74) is 9.22. The van der Waals surface area contributed by atoms with Crippen LogP contribution >= 0.6 is 11.6 Å². The zero-order valence-electron chi connectivity index (χ0n) is 18.9. The second-order valence-electron chi connectivity index (χ2n) is 8.86. The molecule has 0 radical (unpaired) electrons. The summed E-state index contributed by atoms with van der Waals surface area (Å²) in [5.74, 6) is -0.398. The third-order valence-electron chi connectivity index (χ3n) is 5.31. The van der Waals surface area contributed by atoms with Gasteiger partial charge in [-0.1, -0.05) is 29.8 Å². The molecule has 7 nitrogen and oxygen atoms in total. The molecular formula is C24H30ClN3O4. The molecule has 172 valence electrons. The Morgan fingerprint density at radius 2 is 1.75 bits per heavy atom. The summed E-state index contributed by atoms with van der Waals surface area (Å²) in [6.45, 7) is 7.02. The number of ether oxygens (including phenoxy) is 2. The fourth-order valence-electron chi connectivity index (χ4n) is 3.65. The van der Waals surface area contributed by atoms with Crippen LogP contribution in [0.15, 0.2) is 42.5 Å². The van der Waals surface area contributed by atoms with Crippen LogP contribution in [0, 0.1) is 0 Å². The maximum absolute atomic E-state index is 12.5. The van der Waals surface area contributed by atoms with Gasteiger partial charge in [-0.3, -0.25) is 9.69 Å². The molecule has 32 heavy (non-hydrogen) atoms. The fraction of sp³-hybridized carbons (Fsp3) is 0.417. The average molecular weight is 460 g/mol. The van der Waals surface area contributed by atoms with E-state index < -0.39 is 23.7 Å². The first-order valence-electron chi connectivity index (χ1n) is 10.5. The first-order chi connectivity index (χ1) is 15.1. The number of benzene rings is 2. The minimum atomic E-state index is -0.611. The molecule has 8 heteroatoms. The summed E-state index contributed by atoms with van der Waals surface area (Å²) in [5, 5.41) is 0.674. The van der Waals surface area contributed by atoms with Gasteiger partial charge in [-0.05, 0) is 61.7 Å². The fourth-order valence-corrected chi connectivity index (χ4v) is 3.77. The lowest BCUT2D eigenvalue weighted by atomic mass is 10.0. The molecule has 2 aromatic carbocycles. The van der Waals surface area contributed by atoms with E-state index in [0.717, 1.165) is 16.7 Å². The van der Waals surface area contributed by atoms with Crippen molar-refractivity contribution in [2.75, 3.05) is 32.5 Å². The number of esters is 1. The summed E-state index contributed by atoms with van der Waals surface area (Å²) in [4.78, 5) is 28.6. The first-order valence-corrected chi connectivity index (χ1v) is 10.9. The predicted octanol–water partition coefficient (Wildman–Crippen LogP) is 4.18. The number of carbonyl (C=O) groups is 2. The molecule has 1 unspecified atom stereocenters. The molecular weight excluding hydrogens is 430 g/mol. The number of amides is 1. The third kappa shape index (κ3) is 5.93. The molecule has 0 aliphatic carbocycles. The lowest BCUT2D eigenvalue weighted by molar-refractivity contribution is -0.149. The lowest BCUT2D eigenvalue weighted by Crippen LogP contribution is -2.58. The molecule has 1 saturated heterocycles. The number of methoxy groups -OCH3 is 1. The summed E-state index contributed by atoms with van der Waals surface area (Å²) in [6.07, 6.45) is -0.435. The SMILES string of the molecule is COC(=O)C1CN(C(=O)OC(C)(C)C)CCN1Cc1cc(-c2ccc(Cl)cc2)ccc1N. The van der Waals surface area contributed by atoms with E-state index >= 15 is 0 Å². The van der Waals surface area contributed by atoms with Crippen LogP contribution < -0.4 is 5.73 Å². The quantitative estimate of drug-likeness (QED) is 0.545. The van der Waals surface area contributed by atoms with Crippen molar-refractivity contribution in [3.63, 3.8) is 0 Å². The van der Waals surface area contributed by atoms with E-state index in [2.05, 4.69) is 0 Å². The molecule has 1 fully saturated rings. The van der Waals surface area contributed by atoms with Gasteiger partial charge in [-0.15, -0.1) is 0 Å². The van der Waals surface area contributed by atoms with Gasteiger partial charge in [0.2, 0.25) is 0 Å². The maximum atomic E-state index is 12.5. The number of nitrogen functional groups attached to an aromatic ring is 1. The van der Waals surface area contributed by atoms with E-state index in [-0.39, 0.29) is 6.54 Å². The molecule has 0 bridgehead atoms. The first kappa shape index (κ1) is 23.9. The number of nitrogens with two attached hydrogens (primary N) is 1. The van der Waals surface area contributed by atoms with Crippen LogP contribution in [0.25, 0.3) is 11.1 Å². The molecule has 1 heterocycles. The van der Waals surface area contributed by atoms with Crippen LogP contribution in [0.1, 0.15) is 26.3 Å². The van der Waals surface area contributed by atoms with E-state index in [1.807, 2.05) is 68.1 Å². The van der Waals surface area contributed by atoms with E-state index in [0.29, 0.717) is 30.3 Å². The molecule has 0 aromatic heterocycles. The van der Waals surface area contributed by atoms with E-state index in [4.69, 9.17) is 26.8 Å². The normalized spacial score (nSPS) is 17.2. The van der Waals surface area contributed by atoms with Gasteiger partial charge in [0.25, 0.3) is 0 Å². The minimum absolute atomic E-state index is 0.193. The third-order valence-corrected chi connectivity index (χ3v) is 5.56. The van der Waals surface area contributed by atoms with Crippen LogP contribution in [-0.2, 0) is 20.8 Å². The number of halogens is 1. The van der Waals surface area contributed by atoms with E-state index in [1.165, 1.54) is 7.11 Å². The number of hydrogen-bond donors (Lipinski definition) is 1. The topological polar surface area (TPSA) is 85.1 Å². The predicted molar refractivity (Wildman–Crippen MR) is 125 cm³/mol. The Morgan fingerprint density at radius 3 is 2.38 bits per heavy atom. The molecule has 2 aromatic rings. The number of hydrogen-bond acceptors (Lipinski definition) is 6. The van der Waals surface area contributed by atoms with Gasteiger partial charge < -0.3 is 20.1 Å². The smallest absolute Gasteiger partial charge is 0.410 e. The zero-order valence-corrected chi connectivity index (χ0v) is 19.7. The van der Waals surface area contributed by atoms with E-state index in [1.54, 1.807) is 4.90 Å². The van der Waals surface area contributed by atoms with Gasteiger partial charge in [0.1, 0.15) is 11.6 Å². The van der Waals surface area contributed by atoms with Crippen molar-refractivity contribution in [2.24, 2.45) is 0 Å². The van der Waals surface area contributed by atoms with Crippen molar-refractivity contribution < 1.29 is 19.1 Å². The van der Waals surface area contributed by atoms with Crippen molar-refractivity contribution in [3.05, 3.63) is 53.1 Å². The highest BCUT2D eigenvalue weighted by molar-refractivity contribution is 6.30. The van der Waals surface area contributed by atoms with Crippen molar-refractivity contribution >= 4 is 29.4 Å². The van der Waals surface area contributed by atoms with Crippen LogP contribution in [0.3, 0.4) is 0 Å². The van der Waals surface area contributed by atoms with Crippen LogP contribution in [-0.4, -0.2) is 60.2 Å². The molecule has 1 atom stereocenters. The number of rotatable bonds is 4. The molecule has 1 aliphatic rings. The van der Waals surface area contributed by atoms with Crippen molar-refractivity contribution in [1.82, 2.24) is 9.80 Å². The number of piperazine rings is 1. The summed E-state index contributed by atoms with van der Waals surface area (Å²) in [7, 11) is 1.35. The van der Waals surface area contributed by atoms with Crippen molar-refractivity contribution in [1.29, 1.82) is 0 Å². The van der Waals surface area contributed by atoms with Crippen LogP contribution in [0.5, 0.6) is 0 Å². The lowest BCUT2D eigenvalue weighted by Gasteiger charge is -2.40. The highest BCUT2D eigenvalue weighted by Gasteiger charge is 2.36. The average Bonchev–Trinajstić information content (AvgIpc) is 2.74. The molecule has 3 rings (SSSR count). The Hall–Kier alpha value is -2.77. The van der Waals surface area contributed by atoms with Gasteiger partial charge in [0, 0.05) is 30.3 Å². The Balaban J connectivity index is 1.80. The molecule has 0 spiro atoms. The number of anilines is 1. The molecule has 1 aliphatic heterocycles. The Labute approximate surface area is 194 Å². The monoisotopic (exact) mass is 459 g/mol. The number of nitrogens with zero attached hydrogens (tertiary/aromatic N) is 2. The van der Waals surface area contributed by atoms with Crippen molar-refractivity contribution in [3.8, 4) is 11.1 Å². The summed E-state index contributed by atoms with van der Waals surface area (Å²) >= 11 is 6.01. The largest absolute Gasteiger partial charge is 0.468 e. The Morgan fingerprint density at radius 1 is 1.09 bits per heavy atom. The van der Waals surface area contributed by atoms with Gasteiger partial charge in [-0.2, -0.15) is 0 Å². The molecule has 1 amide bonds. The van der Waals surface area contributed by atoms with Crippen LogP contribution in [0.4, 0.5) is 10.5 Å². The zero-order chi connectivity index (χ0) is 23.5. The second kappa shape index (κ2) is 9.79. The summed E-state index contributed by atoms with van der Waals surface area (Å²) in [6, 6.07) is 12.8. The van der Waals surface area contributed by atoms with Gasteiger partial charge in [0.05, 0.1) is 13.7 Å². The minimum Gasteiger partial charge on any atom is -0.468 e. The molecule has 2 N–H and O–H groups in total. The standard InChI is InChI=1S/C24H30ClN3O4/c1-24(2,3)32-23(30)28-12-11-27(21(15-28)22(29)31-4)14-18-13-17(7-10-20(18)26)16-5-8-19(25)9-6-16/h5-10,13,21H,11-12,14-15,26H2,1-4H3.